The second kappa shape index (κ2) is 13.6. The zero-order chi connectivity index (χ0) is 24.3. The highest BCUT2D eigenvalue weighted by atomic mass is 16.1. The van der Waals surface area contributed by atoms with Gasteiger partial charge in [-0.25, -0.2) is 0 Å². The molecule has 0 saturated carbocycles. The largest absolute Gasteiger partial charge is 0.294 e. The number of Topliss-reactive ketones (excluding diaryl/α,β-unsaturated/α-hetero) is 1. The van der Waals surface area contributed by atoms with Gasteiger partial charge < -0.3 is 0 Å². The number of hydrogen-bond acceptors (Lipinski definition) is 1. The average molecular weight is 469 g/mol. The van der Waals surface area contributed by atoms with E-state index in [0.717, 1.165) is 17.4 Å². The molecule has 1 nitrogen and oxygen atoms in total. The highest BCUT2D eigenvalue weighted by molar-refractivity contribution is 6.26. The van der Waals surface area contributed by atoms with Crippen LogP contribution in [0.2, 0.25) is 0 Å². The van der Waals surface area contributed by atoms with Gasteiger partial charge in [0.05, 0.1) is 0 Å². The number of benzene rings is 4. The molecular weight excluding hydrogens is 424 g/mol. The molecule has 0 N–H and O–H groups in total. The van der Waals surface area contributed by atoms with Crippen molar-refractivity contribution in [2.24, 2.45) is 0 Å². The Bertz CT molecular complexity index is 1170. The Morgan fingerprint density at radius 1 is 0.514 bits per heavy atom. The fourth-order valence-electron chi connectivity index (χ4n) is 5.77. The molecule has 4 aromatic rings. The van der Waals surface area contributed by atoms with E-state index < -0.39 is 0 Å². The Balaban J connectivity index is 1.14. The fraction of sp³-hybridized carbons (Fsp3) is 0.500. The predicted molar refractivity (Wildman–Crippen MR) is 154 cm³/mol. The van der Waals surface area contributed by atoms with Crippen molar-refractivity contribution in [2.75, 3.05) is 0 Å². The zero-order valence-electron chi connectivity index (χ0n) is 21.9. The van der Waals surface area contributed by atoms with Gasteiger partial charge in [-0.1, -0.05) is 151 Å². The fourth-order valence-corrected chi connectivity index (χ4v) is 5.77. The monoisotopic (exact) mass is 468 g/mol. The first-order valence-electron chi connectivity index (χ1n) is 14.5. The molecule has 35 heavy (non-hydrogen) atoms. The molecule has 0 saturated heterocycles. The molecular formula is C34H44O. The molecule has 0 aromatic heterocycles. The van der Waals surface area contributed by atoms with Crippen LogP contribution in [0.25, 0.3) is 32.3 Å². The maximum absolute atomic E-state index is 13.1. The zero-order valence-corrected chi connectivity index (χ0v) is 21.9. The van der Waals surface area contributed by atoms with Crippen molar-refractivity contribution in [2.45, 2.75) is 110 Å². The van der Waals surface area contributed by atoms with Gasteiger partial charge in [0.25, 0.3) is 0 Å². The van der Waals surface area contributed by atoms with E-state index in [1.807, 2.05) is 0 Å². The van der Waals surface area contributed by atoms with Gasteiger partial charge in [0, 0.05) is 12.0 Å². The molecule has 0 atom stereocenters. The van der Waals surface area contributed by atoms with E-state index in [2.05, 4.69) is 61.5 Å². The predicted octanol–water partition coefficient (Wildman–Crippen LogP) is 11.0. The first-order chi connectivity index (χ1) is 17.3. The van der Waals surface area contributed by atoms with Crippen LogP contribution in [0, 0.1) is 0 Å². The van der Waals surface area contributed by atoms with Crippen molar-refractivity contribution in [1.82, 2.24) is 0 Å². The number of hydrogen-bond donors (Lipinski definition) is 0. The van der Waals surface area contributed by atoms with Crippen molar-refractivity contribution >= 4 is 38.1 Å². The molecule has 186 valence electrons. The van der Waals surface area contributed by atoms with Crippen LogP contribution in [-0.4, -0.2) is 5.78 Å². The molecule has 0 amide bonds. The highest BCUT2D eigenvalue weighted by Crippen LogP contribution is 2.36. The maximum Gasteiger partial charge on any atom is 0.163 e. The van der Waals surface area contributed by atoms with Gasteiger partial charge in [0.15, 0.2) is 5.78 Å². The van der Waals surface area contributed by atoms with Crippen LogP contribution < -0.4 is 0 Å². The summed E-state index contributed by atoms with van der Waals surface area (Å²) < 4.78 is 0. The normalized spacial score (nSPS) is 11.8. The van der Waals surface area contributed by atoms with E-state index in [9.17, 15) is 4.79 Å². The van der Waals surface area contributed by atoms with Gasteiger partial charge in [-0.05, 0) is 38.7 Å². The summed E-state index contributed by atoms with van der Waals surface area (Å²) in [5.74, 6) is 0.303. The van der Waals surface area contributed by atoms with Crippen LogP contribution in [0.4, 0.5) is 0 Å². The Kier molecular flexibility index (Phi) is 9.99. The minimum atomic E-state index is 0.303. The van der Waals surface area contributed by atoms with Crippen LogP contribution in [0.1, 0.15) is 120 Å². The standard InChI is InChI=1S/C34H44O/c1-2-3-4-5-6-7-8-9-10-11-12-13-14-15-16-20-32(35)30-25-23-29-22-21-27-18-17-19-28-24-26-31(30)34(29)33(27)28/h17-19,21-26H,2-16,20H2,1H3. The van der Waals surface area contributed by atoms with Crippen LogP contribution in [0.15, 0.2) is 54.6 Å². The Labute approximate surface area is 212 Å². The van der Waals surface area contributed by atoms with Crippen molar-refractivity contribution in [3.63, 3.8) is 0 Å². The lowest BCUT2D eigenvalue weighted by molar-refractivity contribution is 0.0980. The van der Waals surface area contributed by atoms with Crippen molar-refractivity contribution in [1.29, 1.82) is 0 Å². The molecule has 0 heterocycles. The van der Waals surface area contributed by atoms with Crippen molar-refractivity contribution < 1.29 is 4.79 Å². The second-order valence-corrected chi connectivity index (χ2v) is 10.6. The molecule has 0 aliphatic rings. The molecule has 0 fully saturated rings. The van der Waals surface area contributed by atoms with Gasteiger partial charge in [-0.3, -0.25) is 4.79 Å². The number of carbonyl (C=O) groups is 1. The summed E-state index contributed by atoms with van der Waals surface area (Å²) in [7, 11) is 0. The van der Waals surface area contributed by atoms with Gasteiger partial charge in [-0.2, -0.15) is 0 Å². The minimum Gasteiger partial charge on any atom is -0.294 e. The van der Waals surface area contributed by atoms with Gasteiger partial charge >= 0.3 is 0 Å². The quantitative estimate of drug-likeness (QED) is 0.0855. The summed E-state index contributed by atoms with van der Waals surface area (Å²) in [5.41, 5.74) is 0.904. The van der Waals surface area contributed by atoms with Crippen LogP contribution in [-0.2, 0) is 0 Å². The SMILES string of the molecule is CCCCCCCCCCCCCCCCCC(=O)c1ccc2ccc3cccc4ccc1c2c34. The molecule has 4 aromatic carbocycles. The minimum absolute atomic E-state index is 0.303. The molecule has 0 unspecified atom stereocenters. The Hall–Kier alpha value is -2.41. The van der Waals surface area contributed by atoms with E-state index >= 15 is 0 Å². The molecule has 0 aliphatic carbocycles. The third-order valence-electron chi connectivity index (χ3n) is 7.84. The topological polar surface area (TPSA) is 17.1 Å². The van der Waals surface area contributed by atoms with Crippen molar-refractivity contribution in [3.05, 3.63) is 60.2 Å². The second-order valence-electron chi connectivity index (χ2n) is 10.6. The number of unbranched alkanes of at least 4 members (excludes halogenated alkanes) is 14. The number of ketones is 1. The summed E-state index contributed by atoms with van der Waals surface area (Å²) in [6.45, 7) is 2.29. The highest BCUT2D eigenvalue weighted by Gasteiger charge is 2.14. The third-order valence-corrected chi connectivity index (χ3v) is 7.84. The third kappa shape index (κ3) is 6.84. The molecule has 0 radical (unpaired) electrons. The van der Waals surface area contributed by atoms with E-state index in [-0.39, 0.29) is 0 Å². The summed E-state index contributed by atoms with van der Waals surface area (Å²) in [5, 5.41) is 7.41. The lowest BCUT2D eigenvalue weighted by Crippen LogP contribution is -2.01. The van der Waals surface area contributed by atoms with Crippen LogP contribution in [0.5, 0.6) is 0 Å². The first-order valence-corrected chi connectivity index (χ1v) is 14.5. The lowest BCUT2D eigenvalue weighted by atomic mass is 9.90. The summed E-state index contributed by atoms with van der Waals surface area (Å²) in [4.78, 5) is 13.1. The van der Waals surface area contributed by atoms with Gasteiger partial charge in [0.2, 0.25) is 0 Å². The summed E-state index contributed by atoms with van der Waals surface area (Å²) in [6, 6.07) is 19.4. The molecule has 4 rings (SSSR count). The van der Waals surface area contributed by atoms with E-state index in [1.54, 1.807) is 0 Å². The Morgan fingerprint density at radius 2 is 0.971 bits per heavy atom. The maximum atomic E-state index is 13.1. The average Bonchev–Trinajstić information content (AvgIpc) is 2.89. The van der Waals surface area contributed by atoms with Crippen LogP contribution >= 0.6 is 0 Å². The Morgan fingerprint density at radius 3 is 1.54 bits per heavy atom. The summed E-state index contributed by atoms with van der Waals surface area (Å²) >= 11 is 0. The molecule has 0 bridgehead atoms. The summed E-state index contributed by atoms with van der Waals surface area (Å²) in [6.07, 6.45) is 20.9. The molecule has 0 aliphatic heterocycles. The lowest BCUT2D eigenvalue weighted by Gasteiger charge is -2.13. The van der Waals surface area contributed by atoms with Gasteiger partial charge in [0.1, 0.15) is 0 Å². The number of rotatable bonds is 17. The van der Waals surface area contributed by atoms with Crippen LogP contribution in [0.3, 0.4) is 0 Å². The van der Waals surface area contributed by atoms with Crippen molar-refractivity contribution in [3.8, 4) is 0 Å². The van der Waals surface area contributed by atoms with E-state index in [4.69, 9.17) is 0 Å². The molecule has 1 heteroatoms. The smallest absolute Gasteiger partial charge is 0.163 e. The molecule has 0 spiro atoms. The van der Waals surface area contributed by atoms with E-state index in [0.29, 0.717) is 12.2 Å². The number of carbonyl (C=O) groups excluding carboxylic acids is 1. The van der Waals surface area contributed by atoms with Gasteiger partial charge in [-0.15, -0.1) is 0 Å². The first kappa shape index (κ1) is 25.7. The van der Waals surface area contributed by atoms with E-state index in [1.165, 1.54) is 117 Å².